The number of hydrogen-bond donors (Lipinski definition) is 0. The third-order valence-corrected chi connectivity index (χ3v) is 7.35. The molecule has 3 aromatic carbocycles. The summed E-state index contributed by atoms with van der Waals surface area (Å²) in [6.45, 7) is 0.834. The largest absolute Gasteiger partial charge is 0.454 e. The number of piperidine rings is 1. The molecule has 10 heteroatoms. The van der Waals surface area contributed by atoms with Crippen molar-refractivity contribution < 1.29 is 23.6 Å². The number of ether oxygens (including phenoxy) is 2. The van der Waals surface area contributed by atoms with Crippen LogP contribution in [-0.4, -0.2) is 51.6 Å². The van der Waals surface area contributed by atoms with E-state index < -0.39 is 0 Å². The van der Waals surface area contributed by atoms with E-state index in [0.29, 0.717) is 46.8 Å². The Morgan fingerprint density at radius 1 is 0.975 bits per heavy atom. The molecule has 1 saturated heterocycles. The molecule has 0 saturated carbocycles. The minimum absolute atomic E-state index is 0.100. The highest BCUT2D eigenvalue weighted by Crippen LogP contribution is 2.34. The highest BCUT2D eigenvalue weighted by Gasteiger charge is 2.34. The van der Waals surface area contributed by atoms with E-state index in [1.165, 1.54) is 0 Å². The van der Waals surface area contributed by atoms with E-state index >= 15 is 0 Å². The Bertz CT molecular complexity index is 1510. The molecule has 2 aliphatic rings. The molecule has 3 heterocycles. The topological polar surface area (TPSA) is 98.0 Å². The van der Waals surface area contributed by atoms with Gasteiger partial charge < -0.3 is 23.8 Å². The molecule has 1 aromatic heterocycles. The number of carbonyl (C=O) groups excluding carboxylic acids is 2. The van der Waals surface area contributed by atoms with Gasteiger partial charge in [-0.2, -0.15) is 4.98 Å². The zero-order chi connectivity index (χ0) is 27.5. The standard InChI is InChI=1S/C30H27ClN4O5/c31-23-12-9-21(10-13-23)28-32-29(40-33-28)24-8-4-5-15-35(24)27(36)18-34(17-20-6-2-1-3-7-20)30(37)22-11-14-25-26(16-22)39-19-38-25/h1-3,6-7,9-14,16,24H,4-5,8,15,17-19H2. The molecule has 0 bridgehead atoms. The summed E-state index contributed by atoms with van der Waals surface area (Å²) in [5.74, 6) is 1.48. The second kappa shape index (κ2) is 11.4. The molecule has 2 aliphatic heterocycles. The molecular formula is C30H27ClN4O5. The lowest BCUT2D eigenvalue weighted by Gasteiger charge is -2.35. The molecule has 204 valence electrons. The van der Waals surface area contributed by atoms with Crippen molar-refractivity contribution in [3.63, 3.8) is 0 Å². The van der Waals surface area contributed by atoms with Gasteiger partial charge in [-0.3, -0.25) is 9.59 Å². The number of nitrogens with zero attached hydrogens (tertiary/aromatic N) is 4. The normalized spacial score (nSPS) is 16.1. The Morgan fingerprint density at radius 2 is 1.77 bits per heavy atom. The summed E-state index contributed by atoms with van der Waals surface area (Å²) in [6, 6.07) is 21.5. The maximum absolute atomic E-state index is 13.8. The van der Waals surface area contributed by atoms with Crippen LogP contribution in [-0.2, 0) is 11.3 Å². The number of likely N-dealkylation sites (tertiary alicyclic amines) is 1. The summed E-state index contributed by atoms with van der Waals surface area (Å²) in [5.41, 5.74) is 2.12. The summed E-state index contributed by atoms with van der Waals surface area (Å²) < 4.78 is 16.5. The Hall–Kier alpha value is -4.37. The molecule has 0 spiro atoms. The summed E-state index contributed by atoms with van der Waals surface area (Å²) in [6.07, 6.45) is 2.48. The fraction of sp³-hybridized carbons (Fsp3) is 0.267. The summed E-state index contributed by atoms with van der Waals surface area (Å²) in [4.78, 5) is 35.4. The SMILES string of the molecule is O=C(c1ccc2c(c1)OCO2)N(CC(=O)N1CCCCC1c1nc(-c2ccc(Cl)cc2)no1)Cc1ccccc1. The van der Waals surface area contributed by atoms with E-state index in [9.17, 15) is 9.59 Å². The second-order valence-corrected chi connectivity index (χ2v) is 10.2. The van der Waals surface area contributed by atoms with Gasteiger partial charge in [0.2, 0.25) is 24.4 Å². The van der Waals surface area contributed by atoms with Crippen LogP contribution in [0.3, 0.4) is 0 Å². The maximum atomic E-state index is 13.8. The lowest BCUT2D eigenvalue weighted by atomic mass is 10.0. The molecule has 9 nitrogen and oxygen atoms in total. The average Bonchev–Trinajstić information content (AvgIpc) is 3.67. The van der Waals surface area contributed by atoms with E-state index in [1.54, 1.807) is 40.1 Å². The predicted molar refractivity (Wildman–Crippen MR) is 147 cm³/mol. The molecule has 1 unspecified atom stereocenters. The average molecular weight is 559 g/mol. The molecule has 1 fully saturated rings. The third kappa shape index (κ3) is 5.51. The van der Waals surface area contributed by atoms with E-state index in [0.717, 1.165) is 24.0 Å². The molecule has 1 atom stereocenters. The van der Waals surface area contributed by atoms with Gasteiger partial charge in [-0.1, -0.05) is 47.1 Å². The predicted octanol–water partition coefficient (Wildman–Crippen LogP) is 5.51. The molecule has 40 heavy (non-hydrogen) atoms. The van der Waals surface area contributed by atoms with Gasteiger partial charge in [0.25, 0.3) is 5.91 Å². The van der Waals surface area contributed by atoms with E-state index in [1.807, 2.05) is 42.5 Å². The number of fused-ring (bicyclic) bond motifs is 1. The number of hydrogen-bond acceptors (Lipinski definition) is 7. The molecular weight excluding hydrogens is 532 g/mol. The first-order valence-electron chi connectivity index (χ1n) is 13.2. The first-order chi connectivity index (χ1) is 19.5. The lowest BCUT2D eigenvalue weighted by molar-refractivity contribution is -0.136. The van der Waals surface area contributed by atoms with Gasteiger partial charge in [-0.05, 0) is 67.3 Å². The molecule has 0 N–H and O–H groups in total. The summed E-state index contributed by atoms with van der Waals surface area (Å²) in [7, 11) is 0. The number of carbonyl (C=O) groups is 2. The van der Waals surface area contributed by atoms with Crippen molar-refractivity contribution in [1.82, 2.24) is 19.9 Å². The monoisotopic (exact) mass is 558 g/mol. The third-order valence-electron chi connectivity index (χ3n) is 7.10. The van der Waals surface area contributed by atoms with Crippen LogP contribution in [0.4, 0.5) is 0 Å². The van der Waals surface area contributed by atoms with Gasteiger partial charge in [0.05, 0.1) is 0 Å². The highest BCUT2D eigenvalue weighted by atomic mass is 35.5. The van der Waals surface area contributed by atoms with Gasteiger partial charge in [0.15, 0.2) is 11.5 Å². The maximum Gasteiger partial charge on any atom is 0.254 e. The second-order valence-electron chi connectivity index (χ2n) is 9.78. The summed E-state index contributed by atoms with van der Waals surface area (Å²) in [5, 5.41) is 4.76. The van der Waals surface area contributed by atoms with Crippen LogP contribution in [0.2, 0.25) is 5.02 Å². The zero-order valence-corrected chi connectivity index (χ0v) is 22.4. The number of halogens is 1. The number of benzene rings is 3. The van der Waals surface area contributed by atoms with Gasteiger partial charge in [-0.15, -0.1) is 0 Å². The molecule has 6 rings (SSSR count). The minimum Gasteiger partial charge on any atom is -0.454 e. The van der Waals surface area contributed by atoms with Crippen molar-refractivity contribution in [3.8, 4) is 22.9 Å². The van der Waals surface area contributed by atoms with Crippen LogP contribution < -0.4 is 9.47 Å². The zero-order valence-electron chi connectivity index (χ0n) is 21.7. The Balaban J connectivity index is 1.24. The van der Waals surface area contributed by atoms with Crippen LogP contribution >= 0.6 is 11.6 Å². The van der Waals surface area contributed by atoms with Crippen molar-refractivity contribution in [2.45, 2.75) is 31.8 Å². The van der Waals surface area contributed by atoms with Crippen molar-refractivity contribution in [3.05, 3.63) is 94.8 Å². The molecule has 4 aromatic rings. The minimum atomic E-state index is -0.367. The molecule has 0 aliphatic carbocycles. The molecule has 0 radical (unpaired) electrons. The quantitative estimate of drug-likeness (QED) is 0.295. The van der Waals surface area contributed by atoms with Crippen LogP contribution in [0.15, 0.2) is 77.3 Å². The number of rotatable bonds is 7. The van der Waals surface area contributed by atoms with Crippen molar-refractivity contribution >= 4 is 23.4 Å². The highest BCUT2D eigenvalue weighted by molar-refractivity contribution is 6.30. The van der Waals surface area contributed by atoms with Gasteiger partial charge in [-0.25, -0.2) is 0 Å². The van der Waals surface area contributed by atoms with Gasteiger partial charge in [0, 0.05) is 29.2 Å². The first kappa shape index (κ1) is 25.9. The van der Waals surface area contributed by atoms with Crippen LogP contribution in [0.1, 0.15) is 47.1 Å². The van der Waals surface area contributed by atoms with Gasteiger partial charge >= 0.3 is 0 Å². The summed E-state index contributed by atoms with van der Waals surface area (Å²) >= 11 is 6.01. The van der Waals surface area contributed by atoms with Crippen molar-refractivity contribution in [1.29, 1.82) is 0 Å². The number of amides is 2. The molecule has 2 amide bonds. The lowest BCUT2D eigenvalue weighted by Crippen LogP contribution is -2.45. The van der Waals surface area contributed by atoms with E-state index in [4.69, 9.17) is 25.6 Å². The van der Waals surface area contributed by atoms with Crippen LogP contribution in [0.5, 0.6) is 11.5 Å². The van der Waals surface area contributed by atoms with E-state index in [-0.39, 0.29) is 37.7 Å². The van der Waals surface area contributed by atoms with Gasteiger partial charge in [0.1, 0.15) is 12.6 Å². The Labute approximate surface area is 236 Å². The van der Waals surface area contributed by atoms with Crippen molar-refractivity contribution in [2.24, 2.45) is 0 Å². The fourth-order valence-electron chi connectivity index (χ4n) is 5.04. The first-order valence-corrected chi connectivity index (χ1v) is 13.5. The number of aromatic nitrogens is 2. The fourth-order valence-corrected chi connectivity index (χ4v) is 5.17. The van der Waals surface area contributed by atoms with E-state index in [2.05, 4.69) is 10.1 Å². The van der Waals surface area contributed by atoms with Crippen LogP contribution in [0, 0.1) is 0 Å². The smallest absolute Gasteiger partial charge is 0.254 e. The van der Waals surface area contributed by atoms with Crippen LogP contribution in [0.25, 0.3) is 11.4 Å². The Kier molecular flexibility index (Phi) is 7.37. The Morgan fingerprint density at radius 3 is 2.60 bits per heavy atom. The van der Waals surface area contributed by atoms with Crippen molar-refractivity contribution in [2.75, 3.05) is 19.9 Å².